The third-order valence-corrected chi connectivity index (χ3v) is 8.82. The van der Waals surface area contributed by atoms with Crippen LogP contribution in [0.3, 0.4) is 0 Å². The van der Waals surface area contributed by atoms with Crippen molar-refractivity contribution in [2.75, 3.05) is 19.8 Å². The van der Waals surface area contributed by atoms with Gasteiger partial charge in [0.1, 0.15) is 12.7 Å². The van der Waals surface area contributed by atoms with Crippen LogP contribution in [0.15, 0.2) is 48.6 Å². The summed E-state index contributed by atoms with van der Waals surface area (Å²) < 4.78 is 26.6. The zero-order valence-electron chi connectivity index (χ0n) is 31.4. The fraction of sp³-hybridized carbons (Fsp3) is 0.718. The van der Waals surface area contributed by atoms with E-state index in [0.717, 1.165) is 57.8 Å². The fourth-order valence-corrected chi connectivity index (χ4v) is 5.60. The highest BCUT2D eigenvalue weighted by Crippen LogP contribution is 2.43. The number of amides is 1. The van der Waals surface area contributed by atoms with Crippen molar-refractivity contribution in [1.82, 2.24) is 5.32 Å². The molecule has 0 radical (unpaired) electrons. The van der Waals surface area contributed by atoms with Crippen molar-refractivity contribution in [2.24, 2.45) is 0 Å². The number of nitrogens with one attached hydrogen (secondary N) is 1. The minimum Gasteiger partial charge on any atom is -0.480 e. The van der Waals surface area contributed by atoms with Gasteiger partial charge >= 0.3 is 19.8 Å². The van der Waals surface area contributed by atoms with Gasteiger partial charge in [-0.25, -0.2) is 9.36 Å². The molecular weight excluding hydrogens is 673 g/mol. The Labute approximate surface area is 307 Å². The summed E-state index contributed by atoms with van der Waals surface area (Å²) in [6.45, 7) is 2.45. The van der Waals surface area contributed by atoms with Gasteiger partial charge < -0.3 is 25.2 Å². The molecule has 0 heterocycles. The Hall–Kier alpha value is -2.56. The van der Waals surface area contributed by atoms with Crippen molar-refractivity contribution < 1.29 is 47.8 Å². The molecule has 0 saturated carbocycles. The first-order valence-electron chi connectivity index (χ1n) is 19.2. The number of hydrogen-bond acceptors (Lipinski definition) is 8. The smallest absolute Gasteiger partial charge is 0.472 e. The molecule has 51 heavy (non-hydrogen) atoms. The van der Waals surface area contributed by atoms with E-state index in [1.54, 1.807) is 0 Å². The molecule has 3 atom stereocenters. The Morgan fingerprint density at radius 1 is 0.627 bits per heavy atom. The maximum atomic E-state index is 12.2. The highest BCUT2D eigenvalue weighted by atomic mass is 31.2. The largest absolute Gasteiger partial charge is 0.480 e. The van der Waals surface area contributed by atoms with Gasteiger partial charge in [-0.2, -0.15) is 0 Å². The van der Waals surface area contributed by atoms with Gasteiger partial charge in [0, 0.05) is 12.8 Å². The van der Waals surface area contributed by atoms with Crippen LogP contribution >= 0.6 is 7.82 Å². The number of phosphoric ester groups is 1. The molecule has 294 valence electrons. The number of hydrogen-bond donors (Lipinski definition) is 4. The zero-order chi connectivity index (χ0) is 37.8. The van der Waals surface area contributed by atoms with E-state index in [2.05, 4.69) is 67.8 Å². The van der Waals surface area contributed by atoms with Crippen LogP contribution in [0.1, 0.15) is 149 Å². The Bertz CT molecular complexity index is 1060. The number of ether oxygens (including phenoxy) is 1. The summed E-state index contributed by atoms with van der Waals surface area (Å²) in [7, 11) is -4.75. The number of rotatable bonds is 35. The van der Waals surface area contributed by atoms with Gasteiger partial charge in [0.25, 0.3) is 0 Å². The lowest BCUT2D eigenvalue weighted by Gasteiger charge is -2.18. The van der Waals surface area contributed by atoms with Crippen molar-refractivity contribution in [2.45, 2.75) is 161 Å². The second-order valence-electron chi connectivity index (χ2n) is 12.8. The molecule has 0 aliphatic carbocycles. The second-order valence-corrected chi connectivity index (χ2v) is 14.2. The van der Waals surface area contributed by atoms with Gasteiger partial charge in [-0.1, -0.05) is 127 Å². The van der Waals surface area contributed by atoms with Crippen molar-refractivity contribution in [3.8, 4) is 0 Å². The molecule has 1 amide bonds. The van der Waals surface area contributed by atoms with E-state index in [-0.39, 0.29) is 12.8 Å². The zero-order valence-corrected chi connectivity index (χ0v) is 32.3. The number of allylic oxidation sites excluding steroid dienone is 8. The Kier molecular flexibility index (Phi) is 32.8. The van der Waals surface area contributed by atoms with Crippen molar-refractivity contribution in [1.29, 1.82) is 0 Å². The molecule has 12 heteroatoms. The lowest BCUT2D eigenvalue weighted by molar-refractivity contribution is -0.147. The molecule has 0 fully saturated rings. The van der Waals surface area contributed by atoms with E-state index in [0.29, 0.717) is 12.8 Å². The number of aliphatic hydroxyl groups is 1. The predicted molar refractivity (Wildman–Crippen MR) is 203 cm³/mol. The number of phosphoric acid groups is 1. The van der Waals surface area contributed by atoms with Crippen LogP contribution in [0.5, 0.6) is 0 Å². The normalized spacial score (nSPS) is 14.4. The lowest BCUT2D eigenvalue weighted by atomic mass is 10.1. The van der Waals surface area contributed by atoms with Crippen molar-refractivity contribution in [3.05, 3.63) is 48.6 Å². The SMILES string of the molecule is CCCCC/C=C\C/C=C\C/C=C\C/C=C\CCCCCC(=O)OCC(O)COP(=O)(O)OCC(NC(=O)CCCCCCCCCC)C(=O)O. The first kappa shape index (κ1) is 48.4. The molecule has 11 nitrogen and oxygen atoms in total. The molecule has 0 aromatic carbocycles. The van der Waals surface area contributed by atoms with Gasteiger partial charge in [0.2, 0.25) is 5.91 Å². The van der Waals surface area contributed by atoms with Crippen LogP contribution in [0.4, 0.5) is 0 Å². The second kappa shape index (κ2) is 34.5. The number of unbranched alkanes of at least 4 members (excludes halogenated alkanes) is 13. The Morgan fingerprint density at radius 3 is 1.65 bits per heavy atom. The van der Waals surface area contributed by atoms with E-state index in [1.165, 1.54) is 51.4 Å². The summed E-state index contributed by atoms with van der Waals surface area (Å²) >= 11 is 0. The highest BCUT2D eigenvalue weighted by Gasteiger charge is 2.28. The van der Waals surface area contributed by atoms with Crippen LogP contribution in [0.25, 0.3) is 0 Å². The molecule has 0 bridgehead atoms. The summed E-state index contributed by atoms with van der Waals surface area (Å²) in [5.41, 5.74) is 0. The number of esters is 1. The van der Waals surface area contributed by atoms with E-state index in [9.17, 15) is 34.1 Å². The third kappa shape index (κ3) is 34.3. The molecule has 0 aromatic heterocycles. The topological polar surface area (TPSA) is 169 Å². The number of carbonyl (C=O) groups excluding carboxylic acids is 2. The minimum absolute atomic E-state index is 0.142. The maximum Gasteiger partial charge on any atom is 0.472 e. The maximum absolute atomic E-state index is 12.2. The molecule has 0 spiro atoms. The molecule has 0 rings (SSSR count). The highest BCUT2D eigenvalue weighted by molar-refractivity contribution is 7.47. The van der Waals surface area contributed by atoms with Gasteiger partial charge in [-0.3, -0.25) is 18.6 Å². The van der Waals surface area contributed by atoms with Gasteiger partial charge in [0.15, 0.2) is 6.04 Å². The molecule has 0 aliphatic heterocycles. The molecule has 0 aliphatic rings. The van der Waals surface area contributed by atoms with E-state index in [1.807, 2.05) is 0 Å². The van der Waals surface area contributed by atoms with E-state index >= 15 is 0 Å². The van der Waals surface area contributed by atoms with Crippen molar-refractivity contribution in [3.63, 3.8) is 0 Å². The number of aliphatic carboxylic acids is 1. The van der Waals surface area contributed by atoms with Gasteiger partial charge in [0.05, 0.1) is 13.2 Å². The monoisotopic (exact) mass is 741 g/mol. The average molecular weight is 742 g/mol. The molecule has 0 aromatic rings. The molecule has 0 saturated heterocycles. The number of carboxylic acid groups (broad SMARTS) is 1. The predicted octanol–water partition coefficient (Wildman–Crippen LogP) is 9.05. The Morgan fingerprint density at radius 2 is 1.08 bits per heavy atom. The van der Waals surface area contributed by atoms with Gasteiger partial charge in [-0.05, 0) is 57.8 Å². The summed E-state index contributed by atoms with van der Waals surface area (Å²) in [6.07, 6.45) is 35.9. The standard InChI is InChI=1S/C39H68NO10P/c1-3-5-7-9-11-13-14-15-16-17-18-19-20-21-22-23-25-27-29-31-38(43)48-32-35(41)33-49-51(46,47)50-34-36(39(44)45)40-37(42)30-28-26-24-12-10-8-6-4-2/h11,13,15-16,18-19,21-22,35-36,41H,3-10,12,14,17,20,23-34H2,1-2H3,(H,40,42)(H,44,45)(H,46,47)/b13-11-,16-15-,19-18-,22-21-. The van der Waals surface area contributed by atoms with Crippen LogP contribution in [-0.4, -0.2) is 64.9 Å². The number of carboxylic acids is 1. The molecule has 3 unspecified atom stereocenters. The summed E-state index contributed by atoms with van der Waals surface area (Å²) in [4.78, 5) is 45.5. The van der Waals surface area contributed by atoms with E-state index in [4.69, 9.17) is 13.8 Å². The van der Waals surface area contributed by atoms with Crippen LogP contribution in [-0.2, 0) is 32.7 Å². The quantitative estimate of drug-likeness (QED) is 0.0213. The van der Waals surface area contributed by atoms with Crippen LogP contribution in [0.2, 0.25) is 0 Å². The number of aliphatic hydroxyl groups excluding tert-OH is 1. The fourth-order valence-electron chi connectivity index (χ4n) is 4.83. The summed E-state index contributed by atoms with van der Waals surface area (Å²) in [5, 5.41) is 21.7. The van der Waals surface area contributed by atoms with Crippen molar-refractivity contribution >= 4 is 25.7 Å². The first-order valence-corrected chi connectivity index (χ1v) is 20.7. The minimum atomic E-state index is -4.75. The average Bonchev–Trinajstić information content (AvgIpc) is 3.10. The van der Waals surface area contributed by atoms with Crippen LogP contribution in [0, 0.1) is 0 Å². The Balaban J connectivity index is 3.98. The third-order valence-electron chi connectivity index (χ3n) is 7.87. The lowest BCUT2D eigenvalue weighted by Crippen LogP contribution is -2.43. The summed E-state index contributed by atoms with van der Waals surface area (Å²) in [5.74, 6) is -2.42. The first-order chi connectivity index (χ1) is 24.6. The molecule has 4 N–H and O–H groups in total. The number of carbonyl (C=O) groups is 3. The molecular formula is C39H68NO10P. The summed E-state index contributed by atoms with van der Waals surface area (Å²) in [6, 6.07) is -1.55. The van der Waals surface area contributed by atoms with E-state index < -0.39 is 57.6 Å². The van der Waals surface area contributed by atoms with Crippen LogP contribution < -0.4 is 5.32 Å². The van der Waals surface area contributed by atoms with Gasteiger partial charge in [-0.15, -0.1) is 0 Å².